The molecule has 3 nitrogen and oxygen atoms in total. The van der Waals surface area contributed by atoms with E-state index in [4.69, 9.17) is 21.1 Å². The van der Waals surface area contributed by atoms with Crippen LogP contribution in [0.25, 0.3) is 0 Å². The van der Waals surface area contributed by atoms with Crippen LogP contribution in [0.3, 0.4) is 0 Å². The van der Waals surface area contributed by atoms with Gasteiger partial charge in [0.15, 0.2) is 0 Å². The van der Waals surface area contributed by atoms with Crippen molar-refractivity contribution in [1.82, 2.24) is 4.98 Å². The van der Waals surface area contributed by atoms with Gasteiger partial charge in [0.2, 0.25) is 0 Å². The first-order valence-corrected chi connectivity index (χ1v) is 7.43. The lowest BCUT2D eigenvalue weighted by Crippen LogP contribution is -2.05. The minimum atomic E-state index is 0.511. The number of rotatable bonds is 10. The summed E-state index contributed by atoms with van der Waals surface area (Å²) in [6.45, 7) is 4.95. The van der Waals surface area contributed by atoms with E-state index in [0.717, 1.165) is 38.2 Å². The number of unbranched alkanes of at least 4 members (excludes halogenated alkanes) is 1. The van der Waals surface area contributed by atoms with E-state index in [1.807, 2.05) is 12.3 Å². The Morgan fingerprint density at radius 2 is 2.06 bits per heavy atom. The SMILES string of the molecule is CCOCCOCCCCc1nc(CCl)cs1. The number of aryl methyl sites for hydroxylation is 1. The van der Waals surface area contributed by atoms with E-state index in [9.17, 15) is 0 Å². The predicted molar refractivity (Wildman–Crippen MR) is 71.9 cm³/mol. The number of halogens is 1. The Kier molecular flexibility index (Phi) is 8.61. The van der Waals surface area contributed by atoms with E-state index in [2.05, 4.69) is 4.98 Å². The summed E-state index contributed by atoms with van der Waals surface area (Å²) in [7, 11) is 0. The smallest absolute Gasteiger partial charge is 0.0928 e. The molecule has 0 saturated carbocycles. The van der Waals surface area contributed by atoms with Gasteiger partial charge in [-0.15, -0.1) is 22.9 Å². The van der Waals surface area contributed by atoms with Gasteiger partial charge in [-0.05, 0) is 26.2 Å². The van der Waals surface area contributed by atoms with Gasteiger partial charge in [0.1, 0.15) is 0 Å². The maximum absolute atomic E-state index is 5.70. The van der Waals surface area contributed by atoms with E-state index in [0.29, 0.717) is 19.1 Å². The first-order chi connectivity index (χ1) is 8.36. The van der Waals surface area contributed by atoms with Gasteiger partial charge in [-0.3, -0.25) is 0 Å². The molecule has 5 heteroatoms. The third-order valence-corrected chi connectivity index (χ3v) is 3.47. The first kappa shape index (κ1) is 14.9. The highest BCUT2D eigenvalue weighted by molar-refractivity contribution is 7.09. The Hall–Kier alpha value is -0.160. The topological polar surface area (TPSA) is 31.4 Å². The number of hydrogen-bond donors (Lipinski definition) is 0. The number of alkyl halides is 1. The van der Waals surface area contributed by atoms with Gasteiger partial charge >= 0.3 is 0 Å². The molecule has 0 aliphatic carbocycles. The monoisotopic (exact) mass is 277 g/mol. The average molecular weight is 278 g/mol. The fourth-order valence-corrected chi connectivity index (χ4v) is 2.44. The molecule has 1 aromatic rings. The molecule has 1 aromatic heterocycles. The first-order valence-electron chi connectivity index (χ1n) is 6.01. The van der Waals surface area contributed by atoms with Crippen molar-refractivity contribution in [1.29, 1.82) is 0 Å². The maximum Gasteiger partial charge on any atom is 0.0928 e. The van der Waals surface area contributed by atoms with Crippen LogP contribution >= 0.6 is 22.9 Å². The molecule has 0 spiro atoms. The molecule has 0 N–H and O–H groups in total. The largest absolute Gasteiger partial charge is 0.379 e. The van der Waals surface area contributed by atoms with Crippen molar-refractivity contribution < 1.29 is 9.47 Å². The lowest BCUT2D eigenvalue weighted by atomic mass is 10.2. The summed E-state index contributed by atoms with van der Waals surface area (Å²) >= 11 is 7.39. The quantitative estimate of drug-likeness (QED) is 0.486. The van der Waals surface area contributed by atoms with Crippen molar-refractivity contribution >= 4 is 22.9 Å². The summed E-state index contributed by atoms with van der Waals surface area (Å²) in [5.41, 5.74) is 0.986. The number of thiazole rings is 1. The second-order valence-electron chi connectivity index (χ2n) is 3.63. The Morgan fingerprint density at radius 1 is 1.24 bits per heavy atom. The molecule has 17 heavy (non-hydrogen) atoms. The predicted octanol–water partition coefficient (Wildman–Crippen LogP) is 3.26. The van der Waals surface area contributed by atoms with E-state index in [-0.39, 0.29) is 0 Å². The van der Waals surface area contributed by atoms with Crippen molar-refractivity contribution in [3.63, 3.8) is 0 Å². The number of ether oxygens (including phenoxy) is 2. The molecule has 0 aliphatic heterocycles. The normalized spacial score (nSPS) is 10.9. The second kappa shape index (κ2) is 9.83. The highest BCUT2D eigenvalue weighted by Crippen LogP contribution is 2.13. The average Bonchev–Trinajstić information content (AvgIpc) is 2.80. The van der Waals surface area contributed by atoms with Crippen LogP contribution in [0.5, 0.6) is 0 Å². The minimum absolute atomic E-state index is 0.511. The van der Waals surface area contributed by atoms with Gasteiger partial charge in [-0.1, -0.05) is 0 Å². The molecule has 0 bridgehead atoms. The standard InChI is InChI=1S/C12H20ClNO2S/c1-2-15-7-8-16-6-4-3-5-12-14-11(9-13)10-17-12/h10H,2-9H2,1H3. The highest BCUT2D eigenvalue weighted by Gasteiger charge is 2.00. The summed E-state index contributed by atoms with van der Waals surface area (Å²) < 4.78 is 10.6. The summed E-state index contributed by atoms with van der Waals surface area (Å²) in [6.07, 6.45) is 3.21. The molecule has 98 valence electrons. The lowest BCUT2D eigenvalue weighted by Gasteiger charge is -2.03. The molecule has 0 aliphatic rings. The van der Waals surface area contributed by atoms with E-state index < -0.39 is 0 Å². The van der Waals surface area contributed by atoms with Gasteiger partial charge in [-0.2, -0.15) is 0 Å². The summed E-state index contributed by atoms with van der Waals surface area (Å²) in [4.78, 5) is 4.41. The van der Waals surface area contributed by atoms with Crippen LogP contribution in [0.4, 0.5) is 0 Å². The third-order valence-electron chi connectivity index (χ3n) is 2.24. The van der Waals surface area contributed by atoms with Crippen LogP contribution in [-0.2, 0) is 21.8 Å². The Labute approximate surface area is 112 Å². The van der Waals surface area contributed by atoms with Crippen molar-refractivity contribution in [2.45, 2.75) is 32.1 Å². The van der Waals surface area contributed by atoms with E-state index in [1.165, 1.54) is 5.01 Å². The Balaban J connectivity index is 1.93. The summed E-state index contributed by atoms with van der Waals surface area (Å²) in [5.74, 6) is 0.511. The number of nitrogens with zero attached hydrogens (tertiary/aromatic N) is 1. The fourth-order valence-electron chi connectivity index (χ4n) is 1.37. The molecule has 0 fully saturated rings. The van der Waals surface area contributed by atoms with Gasteiger partial charge in [0.05, 0.1) is 29.8 Å². The van der Waals surface area contributed by atoms with Gasteiger partial charge in [0.25, 0.3) is 0 Å². The van der Waals surface area contributed by atoms with Crippen LogP contribution in [0.2, 0.25) is 0 Å². The molecule has 0 atom stereocenters. The third kappa shape index (κ3) is 6.99. The molecule has 1 rings (SSSR count). The number of hydrogen-bond acceptors (Lipinski definition) is 4. The summed E-state index contributed by atoms with van der Waals surface area (Å²) in [5, 5.41) is 3.20. The molecule has 0 radical (unpaired) electrons. The van der Waals surface area contributed by atoms with Crippen LogP contribution in [-0.4, -0.2) is 31.4 Å². The van der Waals surface area contributed by atoms with Gasteiger partial charge in [0, 0.05) is 18.6 Å². The van der Waals surface area contributed by atoms with Crippen molar-refractivity contribution in [3.8, 4) is 0 Å². The van der Waals surface area contributed by atoms with E-state index >= 15 is 0 Å². The zero-order valence-corrected chi connectivity index (χ0v) is 11.9. The summed E-state index contributed by atoms with van der Waals surface area (Å²) in [6, 6.07) is 0. The number of aromatic nitrogens is 1. The molecule has 0 amide bonds. The minimum Gasteiger partial charge on any atom is -0.379 e. The molecular formula is C12H20ClNO2S. The molecule has 0 unspecified atom stereocenters. The van der Waals surface area contributed by atoms with Crippen LogP contribution in [0.15, 0.2) is 5.38 Å². The molecular weight excluding hydrogens is 258 g/mol. The molecule has 0 aromatic carbocycles. The Bertz CT molecular complexity index is 294. The van der Waals surface area contributed by atoms with Crippen molar-refractivity contribution in [2.24, 2.45) is 0 Å². The zero-order chi connectivity index (χ0) is 12.3. The lowest BCUT2D eigenvalue weighted by molar-refractivity contribution is 0.0514. The second-order valence-corrected chi connectivity index (χ2v) is 4.84. The van der Waals surface area contributed by atoms with Gasteiger partial charge in [-0.25, -0.2) is 4.98 Å². The zero-order valence-electron chi connectivity index (χ0n) is 10.3. The van der Waals surface area contributed by atoms with Crippen molar-refractivity contribution in [2.75, 3.05) is 26.4 Å². The van der Waals surface area contributed by atoms with Crippen molar-refractivity contribution in [3.05, 3.63) is 16.1 Å². The van der Waals surface area contributed by atoms with Crippen LogP contribution in [0, 0.1) is 0 Å². The van der Waals surface area contributed by atoms with E-state index in [1.54, 1.807) is 11.3 Å². The highest BCUT2D eigenvalue weighted by atomic mass is 35.5. The maximum atomic E-state index is 5.70. The molecule has 1 heterocycles. The Morgan fingerprint density at radius 3 is 2.76 bits per heavy atom. The van der Waals surface area contributed by atoms with Crippen LogP contribution < -0.4 is 0 Å². The fraction of sp³-hybridized carbons (Fsp3) is 0.750. The van der Waals surface area contributed by atoms with Gasteiger partial charge < -0.3 is 9.47 Å². The van der Waals surface area contributed by atoms with Crippen LogP contribution in [0.1, 0.15) is 30.5 Å². The molecule has 0 saturated heterocycles.